The zero-order valence-electron chi connectivity index (χ0n) is 10.1. The number of hydrazine groups is 1. The van der Waals surface area contributed by atoms with Gasteiger partial charge in [0.1, 0.15) is 5.54 Å². The monoisotopic (exact) mass is 215 g/mol. The molecule has 1 saturated heterocycles. The third kappa shape index (κ3) is 1.51. The summed E-state index contributed by atoms with van der Waals surface area (Å²) >= 11 is 0. The van der Waals surface area contributed by atoms with Crippen molar-refractivity contribution in [3.05, 3.63) is 35.4 Å². The Morgan fingerprint density at radius 1 is 1.38 bits per heavy atom. The molecule has 0 radical (unpaired) electrons. The van der Waals surface area contributed by atoms with Crippen LogP contribution in [0, 0.1) is 18.3 Å². The van der Waals surface area contributed by atoms with Crippen molar-refractivity contribution in [2.45, 2.75) is 18.9 Å². The first kappa shape index (κ1) is 11.1. The Hall–Kier alpha value is -1.37. The second-order valence-corrected chi connectivity index (χ2v) is 4.50. The van der Waals surface area contributed by atoms with Crippen LogP contribution in [0.2, 0.25) is 0 Å². The van der Waals surface area contributed by atoms with Crippen molar-refractivity contribution in [2.75, 3.05) is 20.6 Å². The van der Waals surface area contributed by atoms with Crippen molar-refractivity contribution >= 4 is 0 Å². The molecule has 0 saturated carbocycles. The fourth-order valence-electron chi connectivity index (χ4n) is 2.35. The van der Waals surface area contributed by atoms with E-state index < -0.39 is 5.54 Å². The summed E-state index contributed by atoms with van der Waals surface area (Å²) in [4.78, 5) is 0. The zero-order valence-corrected chi connectivity index (χ0v) is 10.1. The fraction of sp³-hybridized carbons (Fsp3) is 0.462. The van der Waals surface area contributed by atoms with Crippen LogP contribution < -0.4 is 0 Å². The summed E-state index contributed by atoms with van der Waals surface area (Å²) in [5.74, 6) is 0. The lowest BCUT2D eigenvalue weighted by Gasteiger charge is -2.32. The number of rotatable bonds is 1. The van der Waals surface area contributed by atoms with E-state index in [1.165, 1.54) is 5.56 Å². The van der Waals surface area contributed by atoms with Crippen LogP contribution in [0.15, 0.2) is 24.3 Å². The van der Waals surface area contributed by atoms with E-state index in [4.69, 9.17) is 0 Å². The van der Waals surface area contributed by atoms with Crippen molar-refractivity contribution < 1.29 is 0 Å². The molecule has 3 nitrogen and oxygen atoms in total. The second kappa shape index (κ2) is 3.89. The summed E-state index contributed by atoms with van der Waals surface area (Å²) in [6, 6.07) is 10.7. The zero-order chi connectivity index (χ0) is 11.8. The Morgan fingerprint density at radius 2 is 2.12 bits per heavy atom. The van der Waals surface area contributed by atoms with Crippen molar-refractivity contribution in [3.63, 3.8) is 0 Å². The quantitative estimate of drug-likeness (QED) is 0.716. The van der Waals surface area contributed by atoms with Gasteiger partial charge in [0, 0.05) is 20.6 Å². The van der Waals surface area contributed by atoms with Gasteiger partial charge in [0.05, 0.1) is 6.07 Å². The maximum absolute atomic E-state index is 9.53. The molecule has 3 heteroatoms. The van der Waals surface area contributed by atoms with E-state index in [-0.39, 0.29) is 0 Å². The van der Waals surface area contributed by atoms with Gasteiger partial charge in [-0.15, -0.1) is 0 Å². The SMILES string of the molecule is Cc1cccc(C2(C#N)CCN(C)N2C)c1. The first-order valence-electron chi connectivity index (χ1n) is 5.53. The highest BCUT2D eigenvalue weighted by molar-refractivity contribution is 5.35. The molecule has 0 amide bonds. The summed E-state index contributed by atoms with van der Waals surface area (Å²) in [6.07, 6.45) is 0.861. The Bertz CT molecular complexity index is 435. The smallest absolute Gasteiger partial charge is 0.148 e. The molecule has 1 aliphatic heterocycles. The Kier molecular flexibility index (Phi) is 2.71. The van der Waals surface area contributed by atoms with Crippen LogP contribution in [-0.2, 0) is 5.54 Å². The number of nitrogens with zero attached hydrogens (tertiary/aromatic N) is 3. The summed E-state index contributed by atoms with van der Waals surface area (Å²) in [5.41, 5.74) is 1.82. The third-order valence-electron chi connectivity index (χ3n) is 3.54. The van der Waals surface area contributed by atoms with Gasteiger partial charge in [0.15, 0.2) is 0 Å². The number of hydrogen-bond donors (Lipinski definition) is 0. The van der Waals surface area contributed by atoms with Crippen LogP contribution in [0.5, 0.6) is 0 Å². The first-order valence-corrected chi connectivity index (χ1v) is 5.53. The average Bonchev–Trinajstić information content (AvgIpc) is 2.57. The molecule has 1 atom stereocenters. The lowest BCUT2D eigenvalue weighted by atomic mass is 9.88. The first-order chi connectivity index (χ1) is 7.60. The molecule has 0 bridgehead atoms. The van der Waals surface area contributed by atoms with Crippen molar-refractivity contribution in [2.24, 2.45) is 0 Å². The molecule has 1 heterocycles. The summed E-state index contributed by atoms with van der Waals surface area (Å²) in [7, 11) is 4.01. The standard InChI is InChI=1S/C13H17N3/c1-11-5-4-6-12(9-11)13(10-14)7-8-15(2)16(13)3/h4-6,9H,7-8H2,1-3H3. The minimum atomic E-state index is -0.485. The van der Waals surface area contributed by atoms with Crippen LogP contribution >= 0.6 is 0 Å². The van der Waals surface area contributed by atoms with Crippen LogP contribution in [0.1, 0.15) is 17.5 Å². The van der Waals surface area contributed by atoms with Crippen LogP contribution in [0.3, 0.4) is 0 Å². The Balaban J connectivity index is 2.48. The molecule has 1 fully saturated rings. The van der Waals surface area contributed by atoms with E-state index in [1.54, 1.807) is 0 Å². The minimum Gasteiger partial charge on any atom is -0.243 e. The largest absolute Gasteiger partial charge is 0.243 e. The van der Waals surface area contributed by atoms with E-state index in [1.807, 2.05) is 31.2 Å². The van der Waals surface area contributed by atoms with Gasteiger partial charge in [-0.25, -0.2) is 10.0 Å². The van der Waals surface area contributed by atoms with Crippen molar-refractivity contribution in [3.8, 4) is 6.07 Å². The average molecular weight is 215 g/mol. The molecule has 0 spiro atoms. The summed E-state index contributed by atoms with van der Waals surface area (Å²) in [6.45, 7) is 2.99. The van der Waals surface area contributed by atoms with Crippen LogP contribution in [0.4, 0.5) is 0 Å². The van der Waals surface area contributed by atoms with Gasteiger partial charge in [0.25, 0.3) is 0 Å². The summed E-state index contributed by atoms with van der Waals surface area (Å²) < 4.78 is 0. The summed E-state index contributed by atoms with van der Waals surface area (Å²) in [5, 5.41) is 13.7. The number of nitriles is 1. The molecule has 16 heavy (non-hydrogen) atoms. The molecule has 0 N–H and O–H groups in total. The molecular formula is C13H17N3. The number of aryl methyl sites for hydroxylation is 1. The van der Waals surface area contributed by atoms with Crippen LogP contribution in [-0.4, -0.2) is 30.7 Å². The lowest BCUT2D eigenvalue weighted by Crippen LogP contribution is -2.42. The van der Waals surface area contributed by atoms with Gasteiger partial charge < -0.3 is 0 Å². The Morgan fingerprint density at radius 3 is 2.62 bits per heavy atom. The van der Waals surface area contributed by atoms with Crippen LogP contribution in [0.25, 0.3) is 0 Å². The number of hydrogen-bond acceptors (Lipinski definition) is 3. The normalized spacial score (nSPS) is 26.9. The van der Waals surface area contributed by atoms with Gasteiger partial charge in [-0.3, -0.25) is 0 Å². The van der Waals surface area contributed by atoms with E-state index in [0.29, 0.717) is 0 Å². The second-order valence-electron chi connectivity index (χ2n) is 4.50. The van der Waals surface area contributed by atoms with Gasteiger partial charge in [-0.1, -0.05) is 29.8 Å². The Labute approximate surface area is 96.9 Å². The third-order valence-corrected chi connectivity index (χ3v) is 3.54. The maximum atomic E-state index is 9.53. The topological polar surface area (TPSA) is 30.3 Å². The highest BCUT2D eigenvalue weighted by Gasteiger charge is 2.43. The molecule has 1 aromatic carbocycles. The fourth-order valence-corrected chi connectivity index (χ4v) is 2.35. The maximum Gasteiger partial charge on any atom is 0.148 e. The molecule has 1 aromatic rings. The van der Waals surface area contributed by atoms with Gasteiger partial charge in [0.2, 0.25) is 0 Å². The molecule has 1 unspecified atom stereocenters. The van der Waals surface area contributed by atoms with Gasteiger partial charge in [-0.2, -0.15) is 5.26 Å². The van der Waals surface area contributed by atoms with E-state index in [2.05, 4.69) is 30.1 Å². The molecule has 0 aromatic heterocycles. The predicted molar refractivity (Wildman–Crippen MR) is 63.5 cm³/mol. The molecule has 84 valence electrons. The highest BCUT2D eigenvalue weighted by atomic mass is 15.6. The number of benzene rings is 1. The molecule has 1 aliphatic rings. The molecule has 2 rings (SSSR count). The molecule has 0 aliphatic carbocycles. The minimum absolute atomic E-state index is 0.485. The highest BCUT2D eigenvalue weighted by Crippen LogP contribution is 2.36. The van der Waals surface area contributed by atoms with Crippen molar-refractivity contribution in [1.82, 2.24) is 10.0 Å². The van der Waals surface area contributed by atoms with Gasteiger partial charge in [-0.05, 0) is 18.9 Å². The molecular weight excluding hydrogens is 198 g/mol. The predicted octanol–water partition coefficient (Wildman–Crippen LogP) is 1.90. The van der Waals surface area contributed by atoms with E-state index >= 15 is 0 Å². The van der Waals surface area contributed by atoms with E-state index in [0.717, 1.165) is 18.5 Å². The van der Waals surface area contributed by atoms with Crippen molar-refractivity contribution in [1.29, 1.82) is 5.26 Å². The van der Waals surface area contributed by atoms with Gasteiger partial charge >= 0.3 is 0 Å². The van der Waals surface area contributed by atoms with E-state index in [9.17, 15) is 5.26 Å². The lowest BCUT2D eigenvalue weighted by molar-refractivity contribution is 0.0218.